The first kappa shape index (κ1) is 16.0. The minimum absolute atomic E-state index is 0.121. The van der Waals surface area contributed by atoms with Crippen molar-refractivity contribution in [2.24, 2.45) is 0 Å². The summed E-state index contributed by atoms with van der Waals surface area (Å²) in [5.41, 5.74) is 1.11. The lowest BCUT2D eigenvalue weighted by atomic mass is 10.4. The molecule has 1 atom stereocenters. The summed E-state index contributed by atoms with van der Waals surface area (Å²) in [4.78, 5) is 15.2. The molecule has 0 fully saturated rings. The summed E-state index contributed by atoms with van der Waals surface area (Å²) in [5, 5.41) is 0. The highest BCUT2D eigenvalue weighted by atomic mass is 32.2. The van der Waals surface area contributed by atoms with E-state index in [-0.39, 0.29) is 22.6 Å². The fourth-order valence-corrected chi connectivity index (χ4v) is 4.01. The maximum absolute atomic E-state index is 12.4. The summed E-state index contributed by atoms with van der Waals surface area (Å²) in [7, 11) is 0.302. The Hall–Kier alpha value is -1.03. The zero-order valence-electron chi connectivity index (χ0n) is 11.1. The van der Waals surface area contributed by atoms with Crippen LogP contribution in [0.5, 0.6) is 0 Å². The van der Waals surface area contributed by atoms with Crippen LogP contribution >= 0.6 is 11.3 Å². The molecule has 1 heterocycles. The highest BCUT2D eigenvalue weighted by Gasteiger charge is 2.32. The van der Waals surface area contributed by atoms with Gasteiger partial charge in [0.2, 0.25) is 0 Å². The van der Waals surface area contributed by atoms with Gasteiger partial charge in [-0.2, -0.15) is 4.31 Å². The molecule has 9 heteroatoms. The van der Waals surface area contributed by atoms with Gasteiger partial charge in [-0.25, -0.2) is 18.2 Å². The van der Waals surface area contributed by atoms with Gasteiger partial charge in [-0.3, -0.25) is 0 Å². The number of sulfonamides is 1. The minimum atomic E-state index is -3.79. The minimum Gasteiger partial charge on any atom is -0.464 e. The second-order valence-corrected chi connectivity index (χ2v) is 6.85. The Morgan fingerprint density at radius 2 is 2.16 bits per heavy atom. The first-order valence-corrected chi connectivity index (χ1v) is 7.67. The molecule has 0 radical (unpaired) electrons. The molecule has 19 heavy (non-hydrogen) atoms. The molecular formula is C10H16N2O5S2. The average Bonchev–Trinajstić information content (AvgIpc) is 2.87. The zero-order chi connectivity index (χ0) is 14.6. The van der Waals surface area contributed by atoms with Crippen molar-refractivity contribution < 1.29 is 22.7 Å². The lowest BCUT2D eigenvalue weighted by Gasteiger charge is -2.22. The van der Waals surface area contributed by atoms with Gasteiger partial charge in [0, 0.05) is 20.2 Å². The lowest BCUT2D eigenvalue weighted by molar-refractivity contribution is 0.0590. The summed E-state index contributed by atoms with van der Waals surface area (Å²) in [6.45, 7) is 1.96. The lowest BCUT2D eigenvalue weighted by Crippen LogP contribution is -2.38. The van der Waals surface area contributed by atoms with E-state index in [9.17, 15) is 13.2 Å². The van der Waals surface area contributed by atoms with Crippen LogP contribution < -0.4 is 0 Å². The van der Waals surface area contributed by atoms with Gasteiger partial charge >= 0.3 is 5.97 Å². The van der Waals surface area contributed by atoms with Crippen molar-refractivity contribution >= 4 is 27.3 Å². The van der Waals surface area contributed by atoms with E-state index in [1.54, 1.807) is 6.92 Å². The highest BCUT2D eigenvalue weighted by molar-refractivity contribution is 7.91. The molecule has 1 aromatic heterocycles. The topological polar surface area (TPSA) is 85.8 Å². The van der Waals surface area contributed by atoms with Crippen molar-refractivity contribution in [3.05, 3.63) is 11.2 Å². The normalized spacial score (nSPS) is 13.5. The van der Waals surface area contributed by atoms with Crippen LogP contribution in [0.4, 0.5) is 0 Å². The number of likely N-dealkylation sites (N-methyl/N-ethyl adjacent to an activating group) is 1. The smallest absolute Gasteiger partial charge is 0.358 e. The summed E-state index contributed by atoms with van der Waals surface area (Å²) < 4.78 is 35.2. The zero-order valence-corrected chi connectivity index (χ0v) is 12.7. The molecule has 0 aliphatic heterocycles. The average molecular weight is 308 g/mol. The Labute approximate surface area is 116 Å². The molecule has 0 aromatic carbocycles. The highest BCUT2D eigenvalue weighted by Crippen LogP contribution is 2.25. The van der Waals surface area contributed by atoms with Crippen molar-refractivity contribution in [3.63, 3.8) is 0 Å². The predicted molar refractivity (Wildman–Crippen MR) is 69.7 cm³/mol. The van der Waals surface area contributed by atoms with E-state index in [1.165, 1.54) is 26.8 Å². The molecule has 0 amide bonds. The van der Waals surface area contributed by atoms with E-state index in [0.29, 0.717) is 0 Å². The van der Waals surface area contributed by atoms with Gasteiger partial charge in [0.25, 0.3) is 10.0 Å². The molecule has 0 aliphatic carbocycles. The standard InChI is InChI=1S/C10H16N2O5S2/c1-7(5-16-3)12(2)19(14,15)10-8(9(13)17-4)11-6-18-10/h6-7H,5H2,1-4H3. The number of ether oxygens (including phenoxy) is 2. The van der Waals surface area contributed by atoms with Crippen LogP contribution in [0.25, 0.3) is 0 Å². The first-order valence-electron chi connectivity index (χ1n) is 5.35. The molecule has 1 unspecified atom stereocenters. The largest absolute Gasteiger partial charge is 0.464 e. The molecule has 7 nitrogen and oxygen atoms in total. The number of hydrogen-bond acceptors (Lipinski definition) is 7. The molecular weight excluding hydrogens is 292 g/mol. The van der Waals surface area contributed by atoms with Crippen LogP contribution in [0, 0.1) is 0 Å². The van der Waals surface area contributed by atoms with E-state index in [2.05, 4.69) is 9.72 Å². The van der Waals surface area contributed by atoms with Gasteiger partial charge in [0.1, 0.15) is 0 Å². The van der Waals surface area contributed by atoms with Crippen molar-refractivity contribution in [3.8, 4) is 0 Å². The first-order chi connectivity index (χ1) is 8.86. The van der Waals surface area contributed by atoms with Gasteiger partial charge in [0.15, 0.2) is 9.90 Å². The molecule has 0 N–H and O–H groups in total. The Bertz CT molecular complexity index is 540. The maximum atomic E-state index is 12.4. The van der Waals surface area contributed by atoms with Crippen LogP contribution in [0.1, 0.15) is 17.4 Å². The molecule has 0 saturated heterocycles. The number of carbonyl (C=O) groups is 1. The molecule has 0 spiro atoms. The van der Waals surface area contributed by atoms with Gasteiger partial charge in [-0.1, -0.05) is 0 Å². The quantitative estimate of drug-likeness (QED) is 0.715. The Morgan fingerprint density at radius 3 is 2.68 bits per heavy atom. The van der Waals surface area contributed by atoms with E-state index in [0.717, 1.165) is 15.6 Å². The van der Waals surface area contributed by atoms with Gasteiger partial charge in [0.05, 0.1) is 19.2 Å². The maximum Gasteiger partial charge on any atom is 0.358 e. The number of nitrogens with zero attached hydrogens (tertiary/aromatic N) is 2. The summed E-state index contributed by atoms with van der Waals surface area (Å²) in [6.07, 6.45) is 0. The van der Waals surface area contributed by atoms with E-state index in [4.69, 9.17) is 4.74 Å². The fraction of sp³-hybridized carbons (Fsp3) is 0.600. The SMILES string of the molecule is COCC(C)N(C)S(=O)(=O)c1scnc1C(=O)OC. The van der Waals surface area contributed by atoms with Crippen LogP contribution in [0.2, 0.25) is 0 Å². The number of esters is 1. The van der Waals surface area contributed by atoms with Gasteiger partial charge in [-0.05, 0) is 6.92 Å². The third-order valence-electron chi connectivity index (χ3n) is 2.56. The van der Waals surface area contributed by atoms with Crippen molar-refractivity contribution in [2.45, 2.75) is 17.2 Å². The molecule has 1 aromatic rings. The van der Waals surface area contributed by atoms with Crippen molar-refractivity contribution in [1.82, 2.24) is 9.29 Å². The monoisotopic (exact) mass is 308 g/mol. The Morgan fingerprint density at radius 1 is 1.53 bits per heavy atom. The summed E-state index contributed by atoms with van der Waals surface area (Å²) >= 11 is 0.882. The van der Waals surface area contributed by atoms with E-state index >= 15 is 0 Å². The number of aromatic nitrogens is 1. The second kappa shape index (κ2) is 6.42. The molecule has 1 rings (SSSR count). The number of rotatable bonds is 6. The van der Waals surface area contributed by atoms with Gasteiger partial charge in [-0.15, -0.1) is 11.3 Å². The number of thiazole rings is 1. The predicted octanol–water partition coefficient (Wildman–Crippen LogP) is 0.585. The number of hydrogen-bond donors (Lipinski definition) is 0. The third-order valence-corrected chi connectivity index (χ3v) is 5.87. The van der Waals surface area contributed by atoms with Crippen LogP contribution in [0.15, 0.2) is 9.72 Å². The van der Waals surface area contributed by atoms with E-state index in [1.807, 2.05) is 0 Å². The molecule has 0 saturated carbocycles. The van der Waals surface area contributed by atoms with E-state index < -0.39 is 16.0 Å². The van der Waals surface area contributed by atoms with Crippen molar-refractivity contribution in [2.75, 3.05) is 27.9 Å². The molecule has 0 aliphatic rings. The second-order valence-electron chi connectivity index (χ2n) is 3.81. The van der Waals surface area contributed by atoms with Crippen LogP contribution in [-0.4, -0.2) is 57.6 Å². The fourth-order valence-electron chi connectivity index (χ4n) is 1.36. The van der Waals surface area contributed by atoms with Crippen molar-refractivity contribution in [1.29, 1.82) is 0 Å². The summed E-state index contributed by atoms with van der Waals surface area (Å²) in [5.74, 6) is -0.771. The Kier molecular flexibility index (Phi) is 5.41. The number of carbonyl (C=O) groups excluding carboxylic acids is 1. The molecule has 108 valence electrons. The summed E-state index contributed by atoms with van der Waals surface area (Å²) in [6, 6.07) is -0.359. The third kappa shape index (κ3) is 3.30. The van der Waals surface area contributed by atoms with Crippen LogP contribution in [0.3, 0.4) is 0 Å². The van der Waals surface area contributed by atoms with Gasteiger partial charge < -0.3 is 9.47 Å². The van der Waals surface area contributed by atoms with Crippen LogP contribution in [-0.2, 0) is 19.5 Å². The number of methoxy groups -OCH3 is 2. The molecule has 0 bridgehead atoms. The Balaban J connectivity index is 3.14.